The summed E-state index contributed by atoms with van der Waals surface area (Å²) in [4.78, 5) is 19.0. The van der Waals surface area contributed by atoms with E-state index in [1.165, 1.54) is 25.6 Å². The second-order valence-electron chi connectivity index (χ2n) is 7.13. The number of piperidine rings is 1. The Morgan fingerprint density at radius 1 is 1.14 bits per heavy atom. The Balaban J connectivity index is 1.37. The molecule has 3 aromatic rings. The van der Waals surface area contributed by atoms with Gasteiger partial charge in [-0.3, -0.25) is 9.69 Å². The first-order chi connectivity index (χ1) is 13.8. The number of carbonyl (C=O) groups is 1. The molecule has 0 spiro atoms. The minimum absolute atomic E-state index is 0.0686. The first-order valence-corrected chi connectivity index (χ1v) is 9.76. The summed E-state index contributed by atoms with van der Waals surface area (Å²) in [6.45, 7) is 3.25. The van der Waals surface area contributed by atoms with Gasteiger partial charge >= 0.3 is 0 Å². The van der Waals surface area contributed by atoms with Gasteiger partial charge in [0.05, 0.1) is 18.8 Å². The van der Waals surface area contributed by atoms with Gasteiger partial charge in [0.2, 0.25) is 0 Å². The molecule has 0 radical (unpaired) electrons. The first kappa shape index (κ1) is 18.4. The van der Waals surface area contributed by atoms with Crippen molar-refractivity contribution in [2.24, 2.45) is 0 Å². The second-order valence-corrected chi connectivity index (χ2v) is 7.13. The van der Waals surface area contributed by atoms with E-state index in [9.17, 15) is 4.79 Å². The zero-order valence-electron chi connectivity index (χ0n) is 15.8. The maximum absolute atomic E-state index is 12.6. The Labute approximate surface area is 164 Å². The number of benzene rings is 1. The van der Waals surface area contributed by atoms with E-state index in [2.05, 4.69) is 20.3 Å². The van der Waals surface area contributed by atoms with Crippen LogP contribution in [0.4, 0.5) is 0 Å². The lowest BCUT2D eigenvalue weighted by Crippen LogP contribution is -2.40. The van der Waals surface area contributed by atoms with Gasteiger partial charge in [-0.1, -0.05) is 18.6 Å². The molecule has 0 bridgehead atoms. The van der Waals surface area contributed by atoms with Crippen molar-refractivity contribution in [3.05, 3.63) is 72.2 Å². The maximum atomic E-state index is 12.6. The predicted molar refractivity (Wildman–Crippen MR) is 105 cm³/mol. The molecule has 1 aromatic carbocycles. The minimum Gasteiger partial charge on any atom is -0.468 e. The third-order valence-corrected chi connectivity index (χ3v) is 5.19. The topological polar surface area (TPSA) is 76.2 Å². The largest absolute Gasteiger partial charge is 0.468 e. The summed E-state index contributed by atoms with van der Waals surface area (Å²) in [5.74, 6) is 0.839. The third kappa shape index (κ3) is 4.48. The van der Waals surface area contributed by atoms with Crippen molar-refractivity contribution in [3.8, 4) is 0 Å². The van der Waals surface area contributed by atoms with Gasteiger partial charge in [0.15, 0.2) is 0 Å². The average Bonchev–Trinajstić information content (AvgIpc) is 3.44. The second kappa shape index (κ2) is 8.84. The Bertz CT molecular complexity index is 853. The first-order valence-electron chi connectivity index (χ1n) is 9.76. The predicted octanol–water partition coefficient (Wildman–Crippen LogP) is 2.88. The molecule has 1 aliphatic rings. The normalized spacial score (nSPS) is 16.0. The van der Waals surface area contributed by atoms with Crippen LogP contribution < -0.4 is 5.32 Å². The van der Waals surface area contributed by atoms with Gasteiger partial charge in [-0.25, -0.2) is 9.67 Å². The summed E-state index contributed by atoms with van der Waals surface area (Å²) in [6.07, 6.45) is 8.54. The lowest BCUT2D eigenvalue weighted by Gasteiger charge is -2.33. The van der Waals surface area contributed by atoms with Crippen LogP contribution in [0.2, 0.25) is 0 Å². The number of carbonyl (C=O) groups excluding carboxylic acids is 1. The maximum Gasteiger partial charge on any atom is 0.251 e. The number of rotatable bonds is 7. The highest BCUT2D eigenvalue weighted by Crippen LogP contribution is 2.24. The molecule has 146 valence electrons. The van der Waals surface area contributed by atoms with Gasteiger partial charge in [0.1, 0.15) is 18.4 Å². The van der Waals surface area contributed by atoms with Gasteiger partial charge < -0.3 is 9.73 Å². The SMILES string of the molecule is O=C(NC[C@H](c1ccco1)N1CCCCC1)c1ccc(Cn2cncn2)cc1. The lowest BCUT2D eigenvalue weighted by atomic mass is 10.1. The Morgan fingerprint density at radius 2 is 1.96 bits per heavy atom. The standard InChI is InChI=1S/C21H25N5O2/c27-21(18-8-6-17(7-9-18)14-26-16-22-15-24-26)23-13-19(20-5-4-12-28-20)25-10-2-1-3-11-25/h4-9,12,15-16,19H,1-3,10-11,13-14H2,(H,23,27)/t19-/m1/s1. The lowest BCUT2D eigenvalue weighted by molar-refractivity contribution is 0.0914. The number of likely N-dealkylation sites (tertiary alicyclic amines) is 1. The number of amides is 1. The summed E-state index contributed by atoms with van der Waals surface area (Å²) in [5.41, 5.74) is 1.73. The van der Waals surface area contributed by atoms with E-state index >= 15 is 0 Å². The fourth-order valence-electron chi connectivity index (χ4n) is 3.67. The molecular formula is C21H25N5O2. The van der Waals surface area contributed by atoms with Gasteiger partial charge in [-0.2, -0.15) is 5.10 Å². The summed E-state index contributed by atoms with van der Waals surface area (Å²) in [7, 11) is 0. The van der Waals surface area contributed by atoms with Crippen LogP contribution in [-0.2, 0) is 6.54 Å². The fourth-order valence-corrected chi connectivity index (χ4v) is 3.67. The highest BCUT2D eigenvalue weighted by Gasteiger charge is 2.25. The molecule has 7 nitrogen and oxygen atoms in total. The molecule has 1 amide bonds. The fraction of sp³-hybridized carbons (Fsp3) is 0.381. The van der Waals surface area contributed by atoms with Gasteiger partial charge in [-0.15, -0.1) is 0 Å². The number of nitrogens with zero attached hydrogens (tertiary/aromatic N) is 4. The molecule has 4 rings (SSSR count). The van der Waals surface area contributed by atoms with Crippen molar-refractivity contribution in [2.45, 2.75) is 31.8 Å². The molecule has 1 aliphatic heterocycles. The molecule has 1 saturated heterocycles. The highest BCUT2D eigenvalue weighted by molar-refractivity contribution is 5.94. The smallest absolute Gasteiger partial charge is 0.251 e. The number of hydrogen-bond acceptors (Lipinski definition) is 5. The molecule has 1 N–H and O–H groups in total. The quantitative estimate of drug-likeness (QED) is 0.683. The highest BCUT2D eigenvalue weighted by atomic mass is 16.3. The zero-order valence-corrected chi connectivity index (χ0v) is 15.8. The van der Waals surface area contributed by atoms with Crippen molar-refractivity contribution < 1.29 is 9.21 Å². The van der Waals surface area contributed by atoms with Gasteiger partial charge in [0.25, 0.3) is 5.91 Å². The van der Waals surface area contributed by atoms with Crippen molar-refractivity contribution in [1.29, 1.82) is 0 Å². The molecule has 3 heterocycles. The van der Waals surface area contributed by atoms with Crippen LogP contribution in [-0.4, -0.2) is 45.2 Å². The Morgan fingerprint density at radius 3 is 2.64 bits per heavy atom. The number of hydrogen-bond donors (Lipinski definition) is 1. The molecule has 0 unspecified atom stereocenters. The van der Waals surface area contributed by atoms with E-state index < -0.39 is 0 Å². The molecule has 28 heavy (non-hydrogen) atoms. The van der Waals surface area contributed by atoms with E-state index in [4.69, 9.17) is 4.42 Å². The van der Waals surface area contributed by atoms with Crippen LogP contribution >= 0.6 is 0 Å². The van der Waals surface area contributed by atoms with E-state index in [1.807, 2.05) is 36.4 Å². The van der Waals surface area contributed by atoms with Gasteiger partial charge in [-0.05, 0) is 55.8 Å². The van der Waals surface area contributed by atoms with Crippen molar-refractivity contribution >= 4 is 5.91 Å². The van der Waals surface area contributed by atoms with Crippen LogP contribution in [0.5, 0.6) is 0 Å². The van der Waals surface area contributed by atoms with E-state index in [-0.39, 0.29) is 11.9 Å². The van der Waals surface area contributed by atoms with Crippen molar-refractivity contribution in [3.63, 3.8) is 0 Å². The molecule has 1 atom stereocenters. The van der Waals surface area contributed by atoms with Crippen LogP contribution in [0, 0.1) is 0 Å². The van der Waals surface area contributed by atoms with Crippen LogP contribution in [0.1, 0.15) is 47.0 Å². The molecule has 0 saturated carbocycles. The van der Waals surface area contributed by atoms with E-state index in [0.717, 1.165) is 24.4 Å². The number of nitrogens with one attached hydrogen (secondary N) is 1. The minimum atomic E-state index is -0.0686. The van der Waals surface area contributed by atoms with Gasteiger partial charge in [0, 0.05) is 12.1 Å². The van der Waals surface area contributed by atoms with Crippen molar-refractivity contribution in [2.75, 3.05) is 19.6 Å². The number of furan rings is 1. The van der Waals surface area contributed by atoms with Crippen LogP contribution in [0.15, 0.2) is 59.7 Å². The van der Waals surface area contributed by atoms with Crippen LogP contribution in [0.25, 0.3) is 0 Å². The molecule has 7 heteroatoms. The molecular weight excluding hydrogens is 354 g/mol. The molecule has 2 aromatic heterocycles. The Kier molecular flexibility index (Phi) is 5.82. The number of aromatic nitrogens is 3. The zero-order chi connectivity index (χ0) is 19.2. The summed E-state index contributed by atoms with van der Waals surface area (Å²) < 4.78 is 7.40. The summed E-state index contributed by atoms with van der Waals surface area (Å²) in [5, 5.41) is 7.18. The molecule has 1 fully saturated rings. The monoisotopic (exact) mass is 379 g/mol. The molecule has 0 aliphatic carbocycles. The van der Waals surface area contributed by atoms with Crippen molar-refractivity contribution in [1.82, 2.24) is 25.0 Å². The Hall–Kier alpha value is -2.93. The van der Waals surface area contributed by atoms with E-state index in [0.29, 0.717) is 18.7 Å². The average molecular weight is 379 g/mol. The van der Waals surface area contributed by atoms with E-state index in [1.54, 1.807) is 17.3 Å². The summed E-state index contributed by atoms with van der Waals surface area (Å²) in [6, 6.07) is 11.6. The summed E-state index contributed by atoms with van der Waals surface area (Å²) >= 11 is 0. The van der Waals surface area contributed by atoms with Crippen LogP contribution in [0.3, 0.4) is 0 Å². The third-order valence-electron chi connectivity index (χ3n) is 5.19.